The predicted octanol–water partition coefficient (Wildman–Crippen LogP) is 5.81. The van der Waals surface area contributed by atoms with E-state index >= 15 is 0 Å². The molecule has 1 fully saturated rings. The van der Waals surface area contributed by atoms with Gasteiger partial charge in [0.25, 0.3) is 0 Å². The van der Waals surface area contributed by atoms with Crippen LogP contribution in [0.2, 0.25) is 0 Å². The van der Waals surface area contributed by atoms with Crippen molar-refractivity contribution in [3.63, 3.8) is 0 Å². The van der Waals surface area contributed by atoms with E-state index in [-0.39, 0.29) is 11.9 Å². The summed E-state index contributed by atoms with van der Waals surface area (Å²) in [4.78, 5) is 17.1. The van der Waals surface area contributed by atoms with E-state index in [1.165, 1.54) is 12.1 Å². The van der Waals surface area contributed by atoms with Gasteiger partial charge >= 0.3 is 0 Å². The Hall–Kier alpha value is -4.63. The van der Waals surface area contributed by atoms with Crippen molar-refractivity contribution < 1.29 is 9.13 Å². The summed E-state index contributed by atoms with van der Waals surface area (Å²) in [6, 6.07) is 13.0. The minimum absolute atomic E-state index is 0.196. The number of aryl methyl sites for hydroxylation is 1. The van der Waals surface area contributed by atoms with Crippen LogP contribution in [0.5, 0.6) is 5.75 Å². The number of ether oxygens (including phenoxy) is 1. The van der Waals surface area contributed by atoms with E-state index in [1.807, 2.05) is 43.6 Å². The Bertz CT molecular complexity index is 1800. The molecule has 0 aliphatic carbocycles. The molecule has 3 N–H and O–H groups in total. The Balaban J connectivity index is 1.26. The summed E-state index contributed by atoms with van der Waals surface area (Å²) < 4.78 is 20.4. The number of hydrogen-bond donors (Lipinski definition) is 3. The molecule has 8 nitrogen and oxygen atoms in total. The molecule has 1 aromatic carbocycles. The van der Waals surface area contributed by atoms with Crippen molar-refractivity contribution in [2.24, 2.45) is 0 Å². The maximum Gasteiger partial charge on any atom is 0.155 e. The standard InChI is InChI=1S/C30H26FN7O/c1-17-8-18(10-21(31)9-17)28-24-13-27(36-26(24)4-7-34-28)29-25-12-20(15-35-30(25)38-37-29)19-11-23(16-33-14-19)39-22-2-5-32-6-3-22/h4,7-16,22,32,36H,2-3,5-6H2,1H3,(H,35,37,38). The molecule has 1 saturated heterocycles. The lowest BCUT2D eigenvalue weighted by atomic mass is 10.0. The van der Waals surface area contributed by atoms with Gasteiger partial charge in [-0.25, -0.2) is 9.37 Å². The lowest BCUT2D eigenvalue weighted by Crippen LogP contribution is -2.34. The van der Waals surface area contributed by atoms with Crippen LogP contribution in [0.4, 0.5) is 4.39 Å². The average Bonchev–Trinajstić information content (AvgIpc) is 3.57. The summed E-state index contributed by atoms with van der Waals surface area (Å²) in [7, 11) is 0. The van der Waals surface area contributed by atoms with Gasteiger partial charge in [-0.2, -0.15) is 5.10 Å². The summed E-state index contributed by atoms with van der Waals surface area (Å²) in [5.74, 6) is 0.478. The summed E-state index contributed by atoms with van der Waals surface area (Å²) in [5.41, 5.74) is 7.27. The quantitative estimate of drug-likeness (QED) is 0.266. The first-order chi connectivity index (χ1) is 19.1. The van der Waals surface area contributed by atoms with Crippen molar-refractivity contribution in [1.29, 1.82) is 0 Å². The van der Waals surface area contributed by atoms with Gasteiger partial charge in [-0.3, -0.25) is 15.1 Å². The number of H-pyrrole nitrogens is 2. The molecule has 0 saturated carbocycles. The second-order valence-corrected chi connectivity index (χ2v) is 9.99. The highest BCUT2D eigenvalue weighted by molar-refractivity contribution is 6.00. The first-order valence-electron chi connectivity index (χ1n) is 13.0. The van der Waals surface area contributed by atoms with Crippen LogP contribution in [0.3, 0.4) is 0 Å². The molecule has 1 aliphatic heterocycles. The molecule has 6 heterocycles. The maximum absolute atomic E-state index is 14.2. The Kier molecular flexibility index (Phi) is 5.78. The summed E-state index contributed by atoms with van der Waals surface area (Å²) in [6.45, 7) is 3.81. The Morgan fingerprint density at radius 1 is 0.872 bits per heavy atom. The molecule has 6 aromatic rings. The van der Waals surface area contributed by atoms with E-state index in [2.05, 4.69) is 41.5 Å². The highest BCUT2D eigenvalue weighted by atomic mass is 19.1. The van der Waals surface area contributed by atoms with Crippen molar-refractivity contribution in [1.82, 2.24) is 35.5 Å². The van der Waals surface area contributed by atoms with Crippen LogP contribution in [0.1, 0.15) is 18.4 Å². The average molecular weight is 520 g/mol. The molecule has 1 aliphatic rings. The smallest absolute Gasteiger partial charge is 0.155 e. The molecule has 5 aromatic heterocycles. The number of benzene rings is 1. The Morgan fingerprint density at radius 2 is 1.74 bits per heavy atom. The number of fused-ring (bicyclic) bond motifs is 2. The van der Waals surface area contributed by atoms with Crippen molar-refractivity contribution in [2.75, 3.05) is 13.1 Å². The molecule has 0 radical (unpaired) electrons. The second kappa shape index (κ2) is 9.59. The number of hydrogen-bond acceptors (Lipinski definition) is 6. The predicted molar refractivity (Wildman–Crippen MR) is 149 cm³/mol. The van der Waals surface area contributed by atoms with Gasteiger partial charge in [0.1, 0.15) is 23.4 Å². The molecular formula is C30H26FN7O. The molecular weight excluding hydrogens is 493 g/mol. The normalized spacial score (nSPS) is 14.3. The number of pyridine rings is 3. The fourth-order valence-electron chi connectivity index (χ4n) is 5.30. The third kappa shape index (κ3) is 4.51. The minimum Gasteiger partial charge on any atom is -0.489 e. The molecule has 0 spiro atoms. The fraction of sp³-hybridized carbons (Fsp3) is 0.200. The lowest BCUT2D eigenvalue weighted by molar-refractivity contribution is 0.162. The van der Waals surface area contributed by atoms with E-state index in [0.29, 0.717) is 11.3 Å². The van der Waals surface area contributed by atoms with Gasteiger partial charge in [0.2, 0.25) is 0 Å². The number of halogens is 1. The Morgan fingerprint density at radius 3 is 2.62 bits per heavy atom. The number of nitrogens with zero attached hydrogens (tertiary/aromatic N) is 4. The summed E-state index contributed by atoms with van der Waals surface area (Å²) in [6.07, 6.45) is 9.29. The lowest BCUT2D eigenvalue weighted by Gasteiger charge is -2.23. The zero-order chi connectivity index (χ0) is 26.3. The molecule has 0 bridgehead atoms. The highest BCUT2D eigenvalue weighted by Gasteiger charge is 2.17. The largest absolute Gasteiger partial charge is 0.489 e. The molecule has 0 atom stereocenters. The van der Waals surface area contributed by atoms with Crippen LogP contribution in [0.25, 0.3) is 55.7 Å². The third-order valence-corrected chi connectivity index (χ3v) is 7.17. The number of nitrogens with one attached hydrogen (secondary N) is 3. The molecule has 0 unspecified atom stereocenters. The molecule has 194 valence electrons. The number of aromatic nitrogens is 6. The number of aromatic amines is 2. The van der Waals surface area contributed by atoms with Crippen molar-refractivity contribution in [2.45, 2.75) is 25.9 Å². The van der Waals surface area contributed by atoms with Crippen molar-refractivity contribution in [3.8, 4) is 39.5 Å². The monoisotopic (exact) mass is 519 g/mol. The van der Waals surface area contributed by atoms with Gasteiger partial charge in [0.15, 0.2) is 5.65 Å². The SMILES string of the molecule is Cc1cc(F)cc(-c2nccc3[nH]c(-c4n[nH]c5ncc(-c6cncc(OC7CCNCC7)c6)cc45)cc23)c1. The Labute approximate surface area is 223 Å². The van der Waals surface area contributed by atoms with Gasteiger partial charge in [-0.1, -0.05) is 0 Å². The van der Waals surface area contributed by atoms with Gasteiger partial charge in [-0.05, 0) is 80.9 Å². The second-order valence-electron chi connectivity index (χ2n) is 9.99. The number of rotatable bonds is 5. The van der Waals surface area contributed by atoms with Crippen LogP contribution in [0.15, 0.2) is 67.3 Å². The van der Waals surface area contributed by atoms with Gasteiger partial charge in [0.05, 0.1) is 17.6 Å². The van der Waals surface area contributed by atoms with E-state index in [0.717, 1.165) is 81.6 Å². The zero-order valence-electron chi connectivity index (χ0n) is 21.3. The van der Waals surface area contributed by atoms with Crippen LogP contribution < -0.4 is 10.1 Å². The molecule has 39 heavy (non-hydrogen) atoms. The van der Waals surface area contributed by atoms with Crippen LogP contribution in [0, 0.1) is 12.7 Å². The summed E-state index contributed by atoms with van der Waals surface area (Å²) >= 11 is 0. The van der Waals surface area contributed by atoms with Crippen LogP contribution in [-0.4, -0.2) is 49.3 Å². The molecule has 0 amide bonds. The van der Waals surface area contributed by atoms with E-state index in [1.54, 1.807) is 12.4 Å². The first kappa shape index (κ1) is 23.5. The van der Waals surface area contributed by atoms with Crippen LogP contribution in [-0.2, 0) is 0 Å². The highest BCUT2D eigenvalue weighted by Crippen LogP contribution is 2.34. The molecule has 9 heteroatoms. The minimum atomic E-state index is -0.281. The topological polar surface area (TPSA) is 104 Å². The van der Waals surface area contributed by atoms with E-state index in [9.17, 15) is 4.39 Å². The molecule has 7 rings (SSSR count). The maximum atomic E-state index is 14.2. The first-order valence-corrected chi connectivity index (χ1v) is 13.0. The van der Waals surface area contributed by atoms with E-state index < -0.39 is 0 Å². The van der Waals surface area contributed by atoms with Gasteiger partial charge < -0.3 is 15.0 Å². The van der Waals surface area contributed by atoms with Crippen LogP contribution >= 0.6 is 0 Å². The van der Waals surface area contributed by atoms with Crippen molar-refractivity contribution >= 4 is 21.9 Å². The van der Waals surface area contributed by atoms with Gasteiger partial charge in [-0.15, -0.1) is 0 Å². The van der Waals surface area contributed by atoms with E-state index in [4.69, 9.17) is 4.74 Å². The summed E-state index contributed by atoms with van der Waals surface area (Å²) in [5, 5.41) is 12.7. The fourth-order valence-corrected chi connectivity index (χ4v) is 5.30. The third-order valence-electron chi connectivity index (χ3n) is 7.17. The van der Waals surface area contributed by atoms with Crippen molar-refractivity contribution in [3.05, 3.63) is 78.6 Å². The van der Waals surface area contributed by atoms with Gasteiger partial charge in [0, 0.05) is 51.6 Å². The zero-order valence-corrected chi connectivity index (χ0v) is 21.3. The number of piperidine rings is 1.